The number of nitrogens with zero attached hydrogens (tertiary/aromatic N) is 3. The van der Waals surface area contributed by atoms with Gasteiger partial charge in [0.2, 0.25) is 15.9 Å². The van der Waals surface area contributed by atoms with Crippen LogP contribution in [0.25, 0.3) is 0 Å². The summed E-state index contributed by atoms with van der Waals surface area (Å²) in [5, 5.41) is 3.68. The van der Waals surface area contributed by atoms with Crippen molar-refractivity contribution in [1.29, 1.82) is 0 Å². The van der Waals surface area contributed by atoms with Crippen LogP contribution in [-0.2, 0) is 16.4 Å². The van der Waals surface area contributed by atoms with Crippen LogP contribution in [0.4, 0.5) is 4.39 Å². The zero-order valence-corrected chi connectivity index (χ0v) is 13.8. The second-order valence-electron chi connectivity index (χ2n) is 5.97. The maximum Gasteiger partial charge on any atom is 0.245 e. The van der Waals surface area contributed by atoms with E-state index in [0.717, 1.165) is 9.87 Å². The number of alkyl halides is 1. The summed E-state index contributed by atoms with van der Waals surface area (Å²) in [6, 6.07) is 3.95. The number of hydrogen-bond acceptors (Lipinski definition) is 6. The van der Waals surface area contributed by atoms with Gasteiger partial charge >= 0.3 is 0 Å². The first-order chi connectivity index (χ1) is 11.4. The molecule has 0 aliphatic carbocycles. The number of sulfonamides is 1. The molecule has 1 aromatic carbocycles. The lowest BCUT2D eigenvalue weighted by Gasteiger charge is -2.21. The number of rotatable bonds is 3. The average Bonchev–Trinajstić information content (AvgIpc) is 3.25. The molecule has 1 saturated heterocycles. The molecule has 2 aliphatic rings. The molecule has 2 aliphatic heterocycles. The Labute approximate surface area is 138 Å². The SMILES string of the molecule is Cc1noc(C2CC(F)CN2S(=O)(=O)c2ccc3c(c2)CCO3)n1. The first kappa shape index (κ1) is 15.5. The summed E-state index contributed by atoms with van der Waals surface area (Å²) in [7, 11) is -3.87. The van der Waals surface area contributed by atoms with Gasteiger partial charge in [0, 0.05) is 19.4 Å². The predicted octanol–water partition coefficient (Wildman–Crippen LogP) is 1.79. The highest BCUT2D eigenvalue weighted by molar-refractivity contribution is 7.89. The predicted molar refractivity (Wildman–Crippen MR) is 80.8 cm³/mol. The summed E-state index contributed by atoms with van der Waals surface area (Å²) in [5.41, 5.74) is 0.845. The summed E-state index contributed by atoms with van der Waals surface area (Å²) < 4.78 is 51.6. The Bertz CT molecular complexity index is 883. The van der Waals surface area contributed by atoms with Crippen molar-refractivity contribution in [3.05, 3.63) is 35.5 Å². The first-order valence-corrected chi connectivity index (χ1v) is 9.11. The summed E-state index contributed by atoms with van der Waals surface area (Å²) in [5.74, 6) is 1.21. The molecule has 0 saturated carbocycles. The Hall–Kier alpha value is -2.00. The van der Waals surface area contributed by atoms with Gasteiger partial charge in [-0.2, -0.15) is 9.29 Å². The van der Waals surface area contributed by atoms with Crippen molar-refractivity contribution < 1.29 is 22.1 Å². The molecule has 9 heteroatoms. The molecule has 2 aromatic rings. The van der Waals surface area contributed by atoms with Gasteiger partial charge < -0.3 is 9.26 Å². The van der Waals surface area contributed by atoms with Crippen molar-refractivity contribution >= 4 is 10.0 Å². The average molecular weight is 353 g/mol. The molecular weight excluding hydrogens is 337 g/mol. The third-order valence-electron chi connectivity index (χ3n) is 4.30. The van der Waals surface area contributed by atoms with Crippen molar-refractivity contribution in [2.24, 2.45) is 0 Å². The molecule has 7 nitrogen and oxygen atoms in total. The fourth-order valence-corrected chi connectivity index (χ4v) is 4.82. The van der Waals surface area contributed by atoms with E-state index in [4.69, 9.17) is 9.26 Å². The first-order valence-electron chi connectivity index (χ1n) is 7.67. The molecule has 24 heavy (non-hydrogen) atoms. The van der Waals surface area contributed by atoms with E-state index in [1.54, 1.807) is 19.1 Å². The highest BCUT2D eigenvalue weighted by Gasteiger charge is 2.44. The highest BCUT2D eigenvalue weighted by Crippen LogP contribution is 2.38. The largest absolute Gasteiger partial charge is 0.493 e. The van der Waals surface area contributed by atoms with E-state index in [1.165, 1.54) is 6.07 Å². The van der Waals surface area contributed by atoms with Gasteiger partial charge in [-0.3, -0.25) is 0 Å². The number of halogens is 1. The van der Waals surface area contributed by atoms with Crippen LogP contribution in [0.5, 0.6) is 5.75 Å². The summed E-state index contributed by atoms with van der Waals surface area (Å²) in [4.78, 5) is 4.20. The minimum atomic E-state index is -3.87. The van der Waals surface area contributed by atoms with Gasteiger partial charge in [0.05, 0.1) is 11.5 Å². The van der Waals surface area contributed by atoms with Crippen LogP contribution < -0.4 is 4.74 Å². The molecule has 4 rings (SSSR count). The van der Waals surface area contributed by atoms with Gasteiger partial charge in [0.25, 0.3) is 0 Å². The van der Waals surface area contributed by atoms with Crippen molar-refractivity contribution in [2.75, 3.05) is 13.2 Å². The Morgan fingerprint density at radius 3 is 2.96 bits per heavy atom. The zero-order chi connectivity index (χ0) is 16.9. The van der Waals surface area contributed by atoms with E-state index in [0.29, 0.717) is 24.6 Å². The quantitative estimate of drug-likeness (QED) is 0.836. The van der Waals surface area contributed by atoms with Crippen molar-refractivity contribution in [1.82, 2.24) is 14.4 Å². The summed E-state index contributed by atoms with van der Waals surface area (Å²) in [6.45, 7) is 1.95. The Morgan fingerprint density at radius 2 is 2.21 bits per heavy atom. The van der Waals surface area contributed by atoms with E-state index < -0.39 is 22.2 Å². The lowest BCUT2D eigenvalue weighted by molar-refractivity contribution is 0.289. The van der Waals surface area contributed by atoms with E-state index in [-0.39, 0.29) is 23.8 Å². The number of benzene rings is 1. The van der Waals surface area contributed by atoms with Crippen molar-refractivity contribution in [3.63, 3.8) is 0 Å². The molecule has 0 radical (unpaired) electrons. The van der Waals surface area contributed by atoms with Crippen molar-refractivity contribution in [3.8, 4) is 5.75 Å². The normalized spacial score (nSPS) is 24.1. The van der Waals surface area contributed by atoms with Crippen LogP contribution in [0.3, 0.4) is 0 Å². The van der Waals surface area contributed by atoms with Crippen molar-refractivity contribution in [2.45, 2.75) is 36.9 Å². The molecule has 128 valence electrons. The maximum atomic E-state index is 14.0. The fourth-order valence-electron chi connectivity index (χ4n) is 3.15. The Balaban J connectivity index is 1.72. The smallest absolute Gasteiger partial charge is 0.245 e. The highest BCUT2D eigenvalue weighted by atomic mass is 32.2. The van der Waals surface area contributed by atoms with Gasteiger partial charge in [-0.15, -0.1) is 0 Å². The molecule has 0 bridgehead atoms. The van der Waals surface area contributed by atoms with Crippen LogP contribution in [0.1, 0.15) is 29.7 Å². The second kappa shape index (κ2) is 5.52. The Kier molecular flexibility index (Phi) is 3.57. The van der Waals surface area contributed by atoms with E-state index in [1.807, 2.05) is 0 Å². The number of hydrogen-bond donors (Lipinski definition) is 0. The number of aromatic nitrogens is 2. The van der Waals surface area contributed by atoms with Crippen LogP contribution >= 0.6 is 0 Å². The van der Waals surface area contributed by atoms with Crippen LogP contribution in [0.2, 0.25) is 0 Å². The minimum absolute atomic E-state index is 0.00884. The standard InChI is InChI=1S/C15H16FN3O4S/c1-9-17-15(23-18-9)13-7-11(16)8-19(13)24(20,21)12-2-3-14-10(6-12)4-5-22-14/h2-3,6,11,13H,4-5,7-8H2,1H3. The lowest BCUT2D eigenvalue weighted by Crippen LogP contribution is -2.31. The maximum absolute atomic E-state index is 14.0. The topological polar surface area (TPSA) is 85.5 Å². The monoisotopic (exact) mass is 353 g/mol. The van der Waals surface area contributed by atoms with Gasteiger partial charge in [0.1, 0.15) is 18.0 Å². The van der Waals surface area contributed by atoms with Crippen LogP contribution in [0.15, 0.2) is 27.6 Å². The molecule has 2 unspecified atom stereocenters. The molecule has 0 spiro atoms. The van der Waals surface area contributed by atoms with Crippen LogP contribution in [-0.4, -0.2) is 42.2 Å². The molecular formula is C15H16FN3O4S. The molecule has 1 fully saturated rings. The third-order valence-corrected chi connectivity index (χ3v) is 6.17. The van der Waals surface area contributed by atoms with Gasteiger partial charge in [0.15, 0.2) is 5.82 Å². The molecule has 3 heterocycles. The third kappa shape index (κ3) is 2.48. The van der Waals surface area contributed by atoms with Gasteiger partial charge in [-0.25, -0.2) is 12.8 Å². The number of ether oxygens (including phenoxy) is 1. The summed E-state index contributed by atoms with van der Waals surface area (Å²) in [6.07, 6.45) is -0.597. The fraction of sp³-hybridized carbons (Fsp3) is 0.467. The van der Waals surface area contributed by atoms with E-state index >= 15 is 0 Å². The lowest BCUT2D eigenvalue weighted by atomic mass is 10.2. The van der Waals surface area contributed by atoms with Crippen LogP contribution in [0, 0.1) is 6.92 Å². The molecule has 0 N–H and O–H groups in total. The second-order valence-corrected chi connectivity index (χ2v) is 7.86. The van der Waals surface area contributed by atoms with Gasteiger partial charge in [-0.1, -0.05) is 5.16 Å². The Morgan fingerprint density at radius 1 is 1.38 bits per heavy atom. The van der Waals surface area contributed by atoms with Gasteiger partial charge in [-0.05, 0) is 30.7 Å². The molecule has 2 atom stereocenters. The molecule has 0 amide bonds. The summed E-state index contributed by atoms with van der Waals surface area (Å²) >= 11 is 0. The number of aryl methyl sites for hydroxylation is 1. The minimum Gasteiger partial charge on any atom is -0.493 e. The van der Waals surface area contributed by atoms with E-state index in [2.05, 4.69) is 10.1 Å². The van der Waals surface area contributed by atoms with E-state index in [9.17, 15) is 12.8 Å². The molecule has 1 aromatic heterocycles. The zero-order valence-electron chi connectivity index (χ0n) is 13.0. The number of fused-ring (bicyclic) bond motifs is 1.